The van der Waals surface area contributed by atoms with Crippen LogP contribution in [0.5, 0.6) is 28.7 Å². The van der Waals surface area contributed by atoms with Crippen molar-refractivity contribution in [3.63, 3.8) is 0 Å². The molecule has 17 rings (SSSR count). The molecule has 0 saturated carbocycles. The number of allylic oxidation sites excluding steroid dienone is 1. The number of esters is 1. The number of fused-ring (bicyclic) bond motifs is 6. The van der Waals surface area contributed by atoms with E-state index < -0.39 is 12.6 Å². The lowest BCUT2D eigenvalue weighted by Crippen LogP contribution is -2.27. The predicted octanol–water partition coefficient (Wildman–Crippen LogP) is 20.0. The van der Waals surface area contributed by atoms with Crippen molar-refractivity contribution in [1.82, 2.24) is 26.6 Å². The fraction of sp³-hybridized carbons (Fsp3) is 0.252. The Hall–Kier alpha value is -14.1. The zero-order valence-electron chi connectivity index (χ0n) is 77.0. The monoisotopic (exact) mass is 1960 g/mol. The maximum absolute atomic E-state index is 12.5. The number of carboxylic acids is 1. The molecular formula is C111H112Br2N6O17. The first-order valence-electron chi connectivity index (χ1n) is 45.2. The van der Waals surface area contributed by atoms with E-state index in [2.05, 4.69) is 107 Å². The number of halogens is 2. The van der Waals surface area contributed by atoms with Gasteiger partial charge in [-0.15, -0.1) is 0 Å². The first-order chi connectivity index (χ1) is 65.8. The molecular weight excluding hydrogens is 1850 g/mol. The summed E-state index contributed by atoms with van der Waals surface area (Å²) in [5, 5.41) is 33.0. The van der Waals surface area contributed by atoms with Gasteiger partial charge in [-0.2, -0.15) is 0 Å². The fourth-order valence-electron chi connectivity index (χ4n) is 16.9. The summed E-state index contributed by atoms with van der Waals surface area (Å²) < 4.78 is 32.7. The van der Waals surface area contributed by atoms with Crippen LogP contribution in [0.1, 0.15) is 236 Å². The zero-order valence-corrected chi connectivity index (χ0v) is 80.2. The van der Waals surface area contributed by atoms with Crippen LogP contribution < -0.4 is 56.0 Å². The van der Waals surface area contributed by atoms with E-state index >= 15 is 0 Å². The van der Waals surface area contributed by atoms with Crippen LogP contribution in [-0.4, -0.2) is 112 Å². The number of benzene rings is 11. The molecule has 0 spiro atoms. The van der Waals surface area contributed by atoms with Crippen LogP contribution in [0.2, 0.25) is 0 Å². The van der Waals surface area contributed by atoms with E-state index in [-0.39, 0.29) is 83.3 Å². The second-order valence-corrected chi connectivity index (χ2v) is 34.8. The van der Waals surface area contributed by atoms with Gasteiger partial charge >= 0.3 is 11.9 Å². The zero-order chi connectivity index (χ0) is 96.7. The highest BCUT2D eigenvalue weighted by Gasteiger charge is 2.31. The standard InChI is InChI=1S/C22H23NO4.C22H23NO3.C21H21NO4.C20H19NO4.C17H16BrNO2.C9H10BrN/c1-3-27-21(24)13-5-15-4-11-19-17(14-15)8-12-20(19)23-22(25)16-6-9-18(26-2)10-7-16;1-3-18(24)9-4-15-5-12-20-17(14-15)8-13-21(20)23-22(25)16-6-10-19(26-2)11-7-16;1-26-18-8-4-15(5-9-18)21(25)22-20-11-6-16-12-14(3-10-19(16)20)2-7-17(24)13-23;1-25-16-7-4-14(5-8-16)20(24)21-18-10-6-15-12-13(2-9-17(15)18)3-11-19(22)23;1-21-14-6-2-11(3-7-14)17(20)19-16-9-4-12-10-13(18)5-8-15(12)16;10-7-2-3-8-6(5-7)1-4-9(8)11/h4-7,9-11,13-14,20H,3,8,12H2,1-2H3,(H,23,25);4-7,9-12,14,21H,3,8,13H2,1-2H3,(H,23,25);2-5,7-10,12,20,23H,6,11,13H2,1H3,(H,22,25);2-5,7-9,11-12,18H,6,10H2,1H3,(H,21,24)(H,22,23);2-3,5-8,10,16H,4,9H2,1H3,(H,19,20);2-3,5,9H,1,4,11H2/b13-5+;9-4+;7-2+;11-3+;;. The molecule has 11 aromatic rings. The van der Waals surface area contributed by atoms with Gasteiger partial charge < -0.3 is 71.0 Å². The van der Waals surface area contributed by atoms with Crippen LogP contribution in [-0.2, 0) is 62.4 Å². The number of aliphatic hydroxyl groups is 1. The van der Waals surface area contributed by atoms with E-state index in [0.717, 1.165) is 159 Å². The number of hydrogen-bond donors (Lipinski definition) is 8. The number of aliphatic carboxylic acids is 1. The van der Waals surface area contributed by atoms with Crippen LogP contribution in [0.4, 0.5) is 0 Å². The highest BCUT2D eigenvalue weighted by molar-refractivity contribution is 9.10. The van der Waals surface area contributed by atoms with E-state index in [1.165, 1.54) is 51.1 Å². The van der Waals surface area contributed by atoms with Gasteiger partial charge in [0.25, 0.3) is 29.5 Å². The minimum atomic E-state index is -0.967. The molecule has 0 saturated heterocycles. The number of nitrogens with one attached hydrogen (secondary N) is 5. The number of hydrogen-bond acceptors (Lipinski definition) is 17. The highest BCUT2D eigenvalue weighted by atomic mass is 79.9. The van der Waals surface area contributed by atoms with Gasteiger partial charge in [0, 0.05) is 61.4 Å². The van der Waals surface area contributed by atoms with E-state index in [9.17, 15) is 43.2 Å². The molecule has 23 nitrogen and oxygen atoms in total. The molecule has 25 heteroatoms. The van der Waals surface area contributed by atoms with Crippen molar-refractivity contribution in [2.75, 3.05) is 48.8 Å². The number of methoxy groups -OCH3 is 5. The van der Waals surface area contributed by atoms with Crippen molar-refractivity contribution in [2.24, 2.45) is 5.73 Å². The van der Waals surface area contributed by atoms with Crippen molar-refractivity contribution < 1.29 is 81.8 Å². The van der Waals surface area contributed by atoms with Crippen molar-refractivity contribution >= 4 is 109 Å². The van der Waals surface area contributed by atoms with Crippen molar-refractivity contribution in [2.45, 2.75) is 134 Å². The number of ketones is 2. The average Bonchev–Trinajstić information content (AvgIpc) is 1.65. The van der Waals surface area contributed by atoms with Gasteiger partial charge in [-0.25, -0.2) is 9.59 Å². The summed E-state index contributed by atoms with van der Waals surface area (Å²) >= 11 is 6.93. The van der Waals surface area contributed by atoms with Gasteiger partial charge in [-0.3, -0.25) is 33.6 Å². The molecule has 0 aliphatic heterocycles. The molecule has 0 aromatic heterocycles. The molecule has 136 heavy (non-hydrogen) atoms. The van der Waals surface area contributed by atoms with Gasteiger partial charge in [-0.1, -0.05) is 136 Å². The lowest BCUT2D eigenvalue weighted by atomic mass is 10.0. The Balaban J connectivity index is 0.000000149. The summed E-state index contributed by atoms with van der Waals surface area (Å²) in [6.45, 7) is 3.51. The van der Waals surface area contributed by atoms with Gasteiger partial charge in [-0.05, 0) is 343 Å². The number of rotatable bonds is 26. The maximum atomic E-state index is 12.5. The number of amides is 5. The number of carbonyl (C=O) groups excluding carboxylic acids is 8. The molecule has 702 valence electrons. The van der Waals surface area contributed by atoms with Gasteiger partial charge in [0.2, 0.25) is 0 Å². The smallest absolute Gasteiger partial charge is 0.330 e. The maximum Gasteiger partial charge on any atom is 0.330 e. The quantitative estimate of drug-likeness (QED) is 0.0184. The third kappa shape index (κ3) is 28.3. The number of aryl methyl sites for hydroxylation is 6. The van der Waals surface area contributed by atoms with Crippen molar-refractivity contribution in [3.8, 4) is 28.7 Å². The normalized spacial score (nSPS) is 16.3. The Bertz CT molecular complexity index is 6070. The first kappa shape index (κ1) is 101. The highest BCUT2D eigenvalue weighted by Crippen LogP contribution is 2.39. The Morgan fingerprint density at radius 3 is 0.853 bits per heavy atom. The number of carbonyl (C=O) groups is 9. The molecule has 0 heterocycles. The third-order valence-electron chi connectivity index (χ3n) is 24.2. The van der Waals surface area contributed by atoms with E-state index in [1.807, 2.05) is 73.7 Å². The van der Waals surface area contributed by atoms with Gasteiger partial charge in [0.1, 0.15) is 35.4 Å². The predicted molar refractivity (Wildman–Crippen MR) is 535 cm³/mol. The summed E-state index contributed by atoms with van der Waals surface area (Å²) in [4.78, 5) is 107. The molecule has 6 aliphatic carbocycles. The number of aliphatic hydroxyl groups excluding tert-OH is 1. The van der Waals surface area contributed by atoms with Crippen molar-refractivity contribution in [1.29, 1.82) is 0 Å². The summed E-state index contributed by atoms with van der Waals surface area (Å²) in [7, 11) is 7.99. The molecule has 6 aliphatic rings. The molecule has 0 fully saturated rings. The lowest BCUT2D eigenvalue weighted by Gasteiger charge is -2.14. The lowest BCUT2D eigenvalue weighted by molar-refractivity contribution is -0.137. The molecule has 11 aromatic carbocycles. The van der Waals surface area contributed by atoms with Crippen LogP contribution in [0, 0.1) is 0 Å². The van der Waals surface area contributed by atoms with Crippen LogP contribution in [0.25, 0.3) is 24.3 Å². The topological polar surface area (TPSA) is 336 Å². The van der Waals surface area contributed by atoms with Crippen LogP contribution >= 0.6 is 31.9 Å². The Labute approximate surface area is 809 Å². The molecule has 0 radical (unpaired) electrons. The van der Waals surface area contributed by atoms with E-state index in [1.54, 1.807) is 188 Å². The molecule has 6 unspecified atom stereocenters. The summed E-state index contributed by atoms with van der Waals surface area (Å²) in [6, 6.07) is 72.3. The first-order valence-corrected chi connectivity index (χ1v) is 46.8. The Morgan fingerprint density at radius 2 is 0.581 bits per heavy atom. The second-order valence-electron chi connectivity index (χ2n) is 33.0. The summed E-state index contributed by atoms with van der Waals surface area (Å²) in [6.07, 6.45) is 24.1. The Morgan fingerprint density at radius 1 is 0.331 bits per heavy atom. The van der Waals surface area contributed by atoms with Crippen molar-refractivity contribution in [3.05, 3.63) is 381 Å². The van der Waals surface area contributed by atoms with E-state index in [0.29, 0.717) is 52.3 Å². The fourth-order valence-corrected chi connectivity index (χ4v) is 17.7. The molecule has 5 amide bonds. The minimum Gasteiger partial charge on any atom is -0.497 e. The summed E-state index contributed by atoms with van der Waals surface area (Å²) in [5.41, 5.74) is 27.2. The number of nitrogens with two attached hydrogens (primary N) is 1. The van der Waals surface area contributed by atoms with Gasteiger partial charge in [0.05, 0.1) is 72.4 Å². The average molecular weight is 1960 g/mol. The number of carboxylic acid groups (broad SMARTS) is 1. The molecule has 9 N–H and O–H groups in total. The molecule has 6 atom stereocenters. The largest absolute Gasteiger partial charge is 0.497 e. The molecule has 0 bridgehead atoms. The second kappa shape index (κ2) is 49.7. The van der Waals surface area contributed by atoms with E-state index in [4.69, 9.17) is 44.4 Å². The van der Waals surface area contributed by atoms with Crippen LogP contribution in [0.3, 0.4) is 0 Å². The SMILES string of the molecule is CCC(=O)/C=C/c1ccc2c(c1)CCC2NC(=O)c1ccc(OC)cc1.CCOC(=O)/C=C/c1ccc2c(c1)CCC2NC(=O)c1ccc(OC)cc1.COc1ccc(C(=O)NC2CCc3cc(/C=C/C(=O)CO)ccc32)cc1.COc1ccc(C(=O)NC2CCc3cc(/C=C/C(=O)O)ccc32)cc1.COc1ccc(C(=O)NC2CCc3cc(Br)ccc32)cc1.NC1CCc2cc(Br)ccc21. The number of ether oxygens (including phenoxy) is 6. The third-order valence-corrected chi connectivity index (χ3v) is 25.2. The summed E-state index contributed by atoms with van der Waals surface area (Å²) in [5.74, 6) is 1.68. The Kier molecular flexibility index (Phi) is 36.9. The minimum absolute atomic E-state index is 0.00214. The van der Waals surface area contributed by atoms with Crippen LogP contribution in [0.15, 0.2) is 264 Å². The van der Waals surface area contributed by atoms with Gasteiger partial charge in [0.15, 0.2) is 11.6 Å².